The van der Waals surface area contributed by atoms with Gasteiger partial charge in [-0.3, -0.25) is 0 Å². The number of hydrogen-bond acceptors (Lipinski definition) is 2. The Labute approximate surface area is 106 Å². The van der Waals surface area contributed by atoms with Crippen LogP contribution >= 0.6 is 11.6 Å². The van der Waals surface area contributed by atoms with Gasteiger partial charge in [-0.15, -0.1) is 0 Å². The fraction of sp³-hybridized carbons (Fsp3) is 0.143. The van der Waals surface area contributed by atoms with Gasteiger partial charge in [0, 0.05) is 0 Å². The average molecular weight is 247 g/mol. The lowest BCUT2D eigenvalue weighted by atomic mass is 10.1. The van der Waals surface area contributed by atoms with E-state index < -0.39 is 0 Å². The summed E-state index contributed by atoms with van der Waals surface area (Å²) in [6, 6.07) is 11.8. The van der Waals surface area contributed by atoms with E-state index in [0.717, 1.165) is 28.2 Å². The number of nitrogens with one attached hydrogen (secondary N) is 1. The molecule has 0 spiro atoms. The second-order valence-corrected chi connectivity index (χ2v) is 4.55. The van der Waals surface area contributed by atoms with E-state index in [1.165, 1.54) is 0 Å². The number of anilines is 3. The lowest BCUT2D eigenvalue weighted by molar-refractivity contribution is 1.43. The van der Waals surface area contributed by atoms with Gasteiger partial charge in [0.1, 0.15) is 0 Å². The molecule has 2 aromatic rings. The van der Waals surface area contributed by atoms with Gasteiger partial charge in [0.15, 0.2) is 0 Å². The zero-order valence-corrected chi connectivity index (χ0v) is 10.7. The van der Waals surface area contributed by atoms with Gasteiger partial charge in [0.2, 0.25) is 0 Å². The van der Waals surface area contributed by atoms with E-state index in [4.69, 9.17) is 17.3 Å². The number of aryl methyl sites for hydroxylation is 2. The molecule has 0 aliphatic carbocycles. The first-order valence-electron chi connectivity index (χ1n) is 5.46. The molecule has 3 N–H and O–H groups in total. The van der Waals surface area contributed by atoms with Crippen molar-refractivity contribution < 1.29 is 0 Å². The van der Waals surface area contributed by atoms with Crippen LogP contribution in [0.4, 0.5) is 17.1 Å². The minimum absolute atomic E-state index is 0.700. The number of nitrogen functional groups attached to an aromatic ring is 1. The van der Waals surface area contributed by atoms with Crippen molar-refractivity contribution in [3.8, 4) is 0 Å². The molecule has 0 heterocycles. The van der Waals surface area contributed by atoms with Crippen LogP contribution in [-0.2, 0) is 0 Å². The van der Waals surface area contributed by atoms with Crippen LogP contribution in [0.25, 0.3) is 0 Å². The molecule has 0 amide bonds. The van der Waals surface area contributed by atoms with Crippen LogP contribution in [0.2, 0.25) is 5.02 Å². The standard InChI is InChI=1S/C14H15ClN2/c1-9-6-7-12(11(15)8-9)17-13-5-3-4-10(2)14(13)16/h3-8,17H,16H2,1-2H3. The van der Waals surface area contributed by atoms with E-state index in [1.807, 2.05) is 50.2 Å². The van der Waals surface area contributed by atoms with Gasteiger partial charge in [-0.2, -0.15) is 0 Å². The summed E-state index contributed by atoms with van der Waals surface area (Å²) in [6.07, 6.45) is 0. The van der Waals surface area contributed by atoms with E-state index in [9.17, 15) is 0 Å². The van der Waals surface area contributed by atoms with Crippen LogP contribution in [0.15, 0.2) is 36.4 Å². The molecule has 0 saturated carbocycles. The van der Waals surface area contributed by atoms with Crippen molar-refractivity contribution >= 4 is 28.7 Å². The molecule has 0 atom stereocenters. The van der Waals surface area contributed by atoms with Crippen molar-refractivity contribution in [2.45, 2.75) is 13.8 Å². The van der Waals surface area contributed by atoms with E-state index in [-0.39, 0.29) is 0 Å². The molecular weight excluding hydrogens is 232 g/mol. The normalized spacial score (nSPS) is 10.3. The van der Waals surface area contributed by atoms with Crippen molar-refractivity contribution in [2.24, 2.45) is 0 Å². The Balaban J connectivity index is 2.35. The van der Waals surface area contributed by atoms with Crippen LogP contribution in [0, 0.1) is 13.8 Å². The highest BCUT2D eigenvalue weighted by atomic mass is 35.5. The first-order chi connectivity index (χ1) is 8.08. The number of benzene rings is 2. The fourth-order valence-electron chi connectivity index (χ4n) is 1.66. The number of halogens is 1. The number of rotatable bonds is 2. The van der Waals surface area contributed by atoms with Crippen LogP contribution in [0.3, 0.4) is 0 Å². The molecule has 17 heavy (non-hydrogen) atoms. The van der Waals surface area contributed by atoms with E-state index >= 15 is 0 Å². The van der Waals surface area contributed by atoms with E-state index in [2.05, 4.69) is 5.32 Å². The molecule has 0 unspecified atom stereocenters. The number of para-hydroxylation sites is 1. The van der Waals surface area contributed by atoms with E-state index in [0.29, 0.717) is 5.02 Å². The third-order valence-electron chi connectivity index (χ3n) is 2.72. The van der Waals surface area contributed by atoms with Crippen molar-refractivity contribution in [1.29, 1.82) is 0 Å². The SMILES string of the molecule is Cc1ccc(Nc2cccc(C)c2N)c(Cl)c1. The quantitative estimate of drug-likeness (QED) is 0.776. The Morgan fingerprint density at radius 3 is 2.53 bits per heavy atom. The maximum atomic E-state index is 6.17. The Kier molecular flexibility index (Phi) is 3.25. The Bertz CT molecular complexity index is 550. The molecule has 2 nitrogen and oxygen atoms in total. The highest BCUT2D eigenvalue weighted by Gasteiger charge is 2.04. The summed E-state index contributed by atoms with van der Waals surface area (Å²) >= 11 is 6.17. The molecule has 0 saturated heterocycles. The molecular formula is C14H15ClN2. The van der Waals surface area contributed by atoms with Gasteiger partial charge >= 0.3 is 0 Å². The van der Waals surface area contributed by atoms with Crippen molar-refractivity contribution in [2.75, 3.05) is 11.1 Å². The van der Waals surface area contributed by atoms with Crippen LogP contribution < -0.4 is 11.1 Å². The highest BCUT2D eigenvalue weighted by molar-refractivity contribution is 6.33. The Hall–Kier alpha value is -1.67. The monoisotopic (exact) mass is 246 g/mol. The summed E-state index contributed by atoms with van der Waals surface area (Å²) in [5, 5.41) is 3.95. The first-order valence-corrected chi connectivity index (χ1v) is 5.84. The Morgan fingerprint density at radius 1 is 1.06 bits per heavy atom. The first kappa shape index (κ1) is 11.8. The summed E-state index contributed by atoms with van der Waals surface area (Å²) in [5.74, 6) is 0. The van der Waals surface area contributed by atoms with Gasteiger partial charge < -0.3 is 11.1 Å². The summed E-state index contributed by atoms with van der Waals surface area (Å²) in [6.45, 7) is 3.99. The minimum atomic E-state index is 0.700. The smallest absolute Gasteiger partial charge is 0.0643 e. The summed E-state index contributed by atoms with van der Waals surface area (Å²) in [7, 11) is 0. The largest absolute Gasteiger partial charge is 0.397 e. The summed E-state index contributed by atoms with van der Waals surface area (Å²) in [5.41, 5.74) is 10.7. The van der Waals surface area contributed by atoms with E-state index in [1.54, 1.807) is 0 Å². The molecule has 0 aliphatic rings. The molecule has 3 heteroatoms. The third kappa shape index (κ3) is 2.53. The molecule has 0 bridgehead atoms. The van der Waals surface area contributed by atoms with Crippen molar-refractivity contribution in [3.63, 3.8) is 0 Å². The van der Waals surface area contributed by atoms with Crippen LogP contribution in [-0.4, -0.2) is 0 Å². The lowest BCUT2D eigenvalue weighted by Gasteiger charge is -2.12. The van der Waals surface area contributed by atoms with Gasteiger partial charge in [-0.05, 0) is 43.2 Å². The zero-order valence-electron chi connectivity index (χ0n) is 9.92. The second kappa shape index (κ2) is 4.68. The number of hydrogen-bond donors (Lipinski definition) is 2. The van der Waals surface area contributed by atoms with Crippen molar-refractivity contribution in [1.82, 2.24) is 0 Å². The minimum Gasteiger partial charge on any atom is -0.397 e. The highest BCUT2D eigenvalue weighted by Crippen LogP contribution is 2.30. The maximum absolute atomic E-state index is 6.17. The van der Waals surface area contributed by atoms with Crippen molar-refractivity contribution in [3.05, 3.63) is 52.5 Å². The molecule has 0 aromatic heterocycles. The molecule has 2 aromatic carbocycles. The van der Waals surface area contributed by atoms with Gasteiger partial charge in [-0.1, -0.05) is 29.8 Å². The zero-order chi connectivity index (χ0) is 12.4. The van der Waals surface area contributed by atoms with Gasteiger partial charge in [0.25, 0.3) is 0 Å². The average Bonchev–Trinajstić information content (AvgIpc) is 2.28. The molecule has 88 valence electrons. The fourth-order valence-corrected chi connectivity index (χ4v) is 1.94. The van der Waals surface area contributed by atoms with Crippen LogP contribution in [0.1, 0.15) is 11.1 Å². The second-order valence-electron chi connectivity index (χ2n) is 4.14. The lowest BCUT2D eigenvalue weighted by Crippen LogP contribution is -1.98. The third-order valence-corrected chi connectivity index (χ3v) is 3.03. The maximum Gasteiger partial charge on any atom is 0.0643 e. The van der Waals surface area contributed by atoms with Gasteiger partial charge in [0.05, 0.1) is 22.1 Å². The molecule has 0 aliphatic heterocycles. The Morgan fingerprint density at radius 2 is 1.82 bits per heavy atom. The summed E-state index contributed by atoms with van der Waals surface area (Å²) < 4.78 is 0. The molecule has 0 radical (unpaired) electrons. The topological polar surface area (TPSA) is 38.0 Å². The predicted octanol–water partition coefficient (Wildman–Crippen LogP) is 4.28. The molecule has 2 rings (SSSR count). The molecule has 0 fully saturated rings. The number of nitrogens with two attached hydrogens (primary N) is 1. The van der Waals surface area contributed by atoms with Gasteiger partial charge in [-0.25, -0.2) is 0 Å². The summed E-state index contributed by atoms with van der Waals surface area (Å²) in [4.78, 5) is 0. The predicted molar refractivity (Wildman–Crippen MR) is 75.1 cm³/mol. The van der Waals surface area contributed by atoms with Crippen LogP contribution in [0.5, 0.6) is 0 Å².